The largest absolute Gasteiger partial charge is 0.450 e. The predicted molar refractivity (Wildman–Crippen MR) is 138 cm³/mol. The van der Waals surface area contributed by atoms with Crippen molar-refractivity contribution in [1.82, 2.24) is 0 Å². The van der Waals surface area contributed by atoms with Crippen molar-refractivity contribution in [1.29, 1.82) is 0 Å². The fourth-order valence-corrected chi connectivity index (χ4v) is 7.37. The van der Waals surface area contributed by atoms with Gasteiger partial charge in [0.2, 0.25) is 4.90 Å². The summed E-state index contributed by atoms with van der Waals surface area (Å²) in [5.74, 6) is 1.19. The van der Waals surface area contributed by atoms with Gasteiger partial charge in [0.05, 0.1) is 0 Å². The summed E-state index contributed by atoms with van der Waals surface area (Å²) >= 11 is 0. The lowest BCUT2D eigenvalue weighted by Crippen LogP contribution is -2.31. The molecule has 35 heavy (non-hydrogen) atoms. The second-order valence-electron chi connectivity index (χ2n) is 8.11. The second-order valence-corrected chi connectivity index (χ2v) is 13.4. The smallest absolute Gasteiger partial charge is 0.415 e. The Hall–Kier alpha value is -3.46. The van der Waals surface area contributed by atoms with Gasteiger partial charge < -0.3 is 18.1 Å². The summed E-state index contributed by atoms with van der Waals surface area (Å²) < 4.78 is 53.2. The minimum atomic E-state index is -4.27. The molecule has 0 bridgehead atoms. The van der Waals surface area contributed by atoms with Crippen LogP contribution < -0.4 is 18.1 Å². The molecular weight excluding hydrogens is 482 g/mol. The Bertz CT molecular complexity index is 1120. The molecule has 4 aromatic rings. The highest BCUT2D eigenvalue weighted by Crippen LogP contribution is 2.75. The zero-order chi connectivity index (χ0) is 24.8. The Morgan fingerprint density at radius 3 is 0.829 bits per heavy atom. The van der Waals surface area contributed by atoms with E-state index in [1.54, 1.807) is 97.1 Å². The van der Waals surface area contributed by atoms with Crippen molar-refractivity contribution >= 4 is 15.2 Å². The SMILES string of the molecule is CC(C)(P(=O)(Oc1ccccc1)Oc1ccccc1)P(=O)(Oc1ccccc1)Oc1ccccc1. The predicted octanol–water partition coefficient (Wildman–Crippen LogP) is 8.42. The molecule has 0 saturated heterocycles. The molecule has 0 N–H and O–H groups in total. The molecule has 0 aliphatic carbocycles. The van der Waals surface area contributed by atoms with Crippen molar-refractivity contribution in [2.75, 3.05) is 0 Å². The summed E-state index contributed by atoms with van der Waals surface area (Å²) in [7, 11) is -8.55. The molecule has 0 spiro atoms. The van der Waals surface area contributed by atoms with Crippen molar-refractivity contribution in [2.24, 2.45) is 0 Å². The minimum Gasteiger partial charge on any atom is -0.415 e. The minimum absolute atomic E-state index is 0.297. The maximum atomic E-state index is 14.6. The molecule has 0 radical (unpaired) electrons. The van der Waals surface area contributed by atoms with Crippen LogP contribution in [-0.2, 0) is 9.13 Å². The molecule has 0 amide bonds. The highest BCUT2D eigenvalue weighted by atomic mass is 31.2. The fourth-order valence-electron chi connectivity index (χ4n) is 3.11. The molecule has 8 heteroatoms. The summed E-state index contributed by atoms with van der Waals surface area (Å²) in [5.41, 5.74) is 0. The first kappa shape index (κ1) is 24.7. The Morgan fingerprint density at radius 1 is 0.429 bits per heavy atom. The molecule has 0 heterocycles. The number of hydrogen-bond donors (Lipinski definition) is 0. The second kappa shape index (κ2) is 10.4. The quantitative estimate of drug-likeness (QED) is 0.200. The molecule has 0 saturated carbocycles. The van der Waals surface area contributed by atoms with Crippen molar-refractivity contribution in [2.45, 2.75) is 18.7 Å². The first-order valence-corrected chi connectivity index (χ1v) is 14.1. The van der Waals surface area contributed by atoms with E-state index in [-0.39, 0.29) is 0 Å². The number of rotatable bonds is 10. The summed E-state index contributed by atoms with van der Waals surface area (Å²) in [6.45, 7) is 3.01. The van der Waals surface area contributed by atoms with E-state index >= 15 is 0 Å². The number of benzene rings is 4. The average Bonchev–Trinajstić information content (AvgIpc) is 2.86. The van der Waals surface area contributed by atoms with Gasteiger partial charge in [0.1, 0.15) is 23.0 Å². The van der Waals surface area contributed by atoms with Crippen LogP contribution in [0.3, 0.4) is 0 Å². The maximum absolute atomic E-state index is 14.6. The lowest BCUT2D eigenvalue weighted by molar-refractivity contribution is 0.334. The van der Waals surface area contributed by atoms with Gasteiger partial charge >= 0.3 is 15.2 Å². The summed E-state index contributed by atoms with van der Waals surface area (Å²) in [6.07, 6.45) is 0. The van der Waals surface area contributed by atoms with E-state index in [2.05, 4.69) is 0 Å². The summed E-state index contributed by atoms with van der Waals surface area (Å²) in [6, 6.07) is 34.4. The molecule has 0 aromatic heterocycles. The Labute approximate surface area is 205 Å². The molecule has 4 rings (SSSR count). The van der Waals surface area contributed by atoms with E-state index in [9.17, 15) is 9.13 Å². The van der Waals surface area contributed by atoms with Crippen LogP contribution in [-0.4, -0.2) is 4.90 Å². The van der Waals surface area contributed by atoms with Crippen molar-refractivity contribution in [3.8, 4) is 23.0 Å². The van der Waals surface area contributed by atoms with E-state index < -0.39 is 20.1 Å². The van der Waals surface area contributed by atoms with Gasteiger partial charge in [0.25, 0.3) is 0 Å². The van der Waals surface area contributed by atoms with Gasteiger partial charge in [-0.2, -0.15) is 0 Å². The van der Waals surface area contributed by atoms with Crippen LogP contribution in [0.25, 0.3) is 0 Å². The van der Waals surface area contributed by atoms with Crippen LogP contribution in [0.15, 0.2) is 121 Å². The van der Waals surface area contributed by atoms with Gasteiger partial charge in [-0.15, -0.1) is 0 Å². The lowest BCUT2D eigenvalue weighted by Gasteiger charge is -2.37. The molecule has 6 nitrogen and oxygen atoms in total. The lowest BCUT2D eigenvalue weighted by atomic mass is 10.3. The van der Waals surface area contributed by atoms with Crippen LogP contribution in [0.5, 0.6) is 23.0 Å². The van der Waals surface area contributed by atoms with Gasteiger partial charge in [-0.3, -0.25) is 0 Å². The van der Waals surface area contributed by atoms with Gasteiger partial charge in [-0.05, 0) is 62.4 Å². The normalized spacial score (nSPS) is 11.9. The Balaban J connectivity index is 1.82. The first-order chi connectivity index (χ1) is 16.8. The number of para-hydroxylation sites is 4. The molecule has 0 aliphatic heterocycles. The van der Waals surface area contributed by atoms with Crippen LogP contribution >= 0.6 is 15.2 Å². The average molecular weight is 508 g/mol. The molecule has 0 atom stereocenters. The molecule has 180 valence electrons. The van der Waals surface area contributed by atoms with E-state index in [4.69, 9.17) is 18.1 Å². The standard InChI is InChI=1S/C27H26O6P2/c1-27(2,34(28,30-23-15-7-3-8-16-23)31-24-17-9-4-10-18-24)35(29,32-25-19-11-5-12-20-25)33-26-21-13-6-14-22-26/h3-22H,1-2H3. The molecular formula is C27H26O6P2. The Morgan fingerprint density at radius 2 is 0.629 bits per heavy atom. The van der Waals surface area contributed by atoms with E-state index in [1.807, 2.05) is 24.3 Å². The summed E-state index contributed by atoms with van der Waals surface area (Å²) in [4.78, 5) is -1.75. The van der Waals surface area contributed by atoms with Gasteiger partial charge in [0, 0.05) is 0 Å². The Kier molecular flexibility index (Phi) is 7.35. The van der Waals surface area contributed by atoms with E-state index in [0.717, 1.165) is 0 Å². The maximum Gasteiger partial charge on any atom is 0.450 e. The van der Waals surface area contributed by atoms with Crippen LogP contribution in [0.1, 0.15) is 13.8 Å². The highest BCUT2D eigenvalue weighted by Gasteiger charge is 2.63. The molecule has 0 unspecified atom stereocenters. The zero-order valence-electron chi connectivity index (χ0n) is 19.4. The van der Waals surface area contributed by atoms with E-state index in [1.165, 1.54) is 13.8 Å². The third kappa shape index (κ3) is 5.62. The first-order valence-electron chi connectivity index (χ1n) is 11.0. The molecule has 0 aliphatic rings. The van der Waals surface area contributed by atoms with E-state index in [0.29, 0.717) is 23.0 Å². The van der Waals surface area contributed by atoms with Crippen molar-refractivity contribution in [3.05, 3.63) is 121 Å². The van der Waals surface area contributed by atoms with Crippen molar-refractivity contribution in [3.63, 3.8) is 0 Å². The molecule has 0 fully saturated rings. The van der Waals surface area contributed by atoms with Crippen LogP contribution in [0.2, 0.25) is 0 Å². The highest BCUT2D eigenvalue weighted by molar-refractivity contribution is 7.74. The molecule has 4 aromatic carbocycles. The van der Waals surface area contributed by atoms with Crippen LogP contribution in [0, 0.1) is 0 Å². The van der Waals surface area contributed by atoms with Gasteiger partial charge in [-0.25, -0.2) is 9.13 Å². The van der Waals surface area contributed by atoms with Crippen LogP contribution in [0.4, 0.5) is 0 Å². The third-order valence-electron chi connectivity index (χ3n) is 5.22. The summed E-state index contributed by atoms with van der Waals surface area (Å²) in [5, 5.41) is 0. The topological polar surface area (TPSA) is 71.1 Å². The fraction of sp³-hybridized carbons (Fsp3) is 0.111. The third-order valence-corrected chi connectivity index (χ3v) is 11.2. The monoisotopic (exact) mass is 508 g/mol. The van der Waals surface area contributed by atoms with Gasteiger partial charge in [-0.1, -0.05) is 72.8 Å². The number of hydrogen-bond acceptors (Lipinski definition) is 6. The van der Waals surface area contributed by atoms with Crippen molar-refractivity contribution < 1.29 is 27.2 Å². The van der Waals surface area contributed by atoms with Gasteiger partial charge in [0.15, 0.2) is 0 Å². The zero-order valence-corrected chi connectivity index (χ0v) is 21.2.